The number of nitrogens with zero attached hydrogens (tertiary/aromatic N) is 3. The van der Waals surface area contributed by atoms with Crippen LogP contribution in [-0.2, 0) is 16.8 Å². The van der Waals surface area contributed by atoms with Crippen LogP contribution in [0.25, 0.3) is 0 Å². The molecule has 0 fully saturated rings. The molecule has 1 amide bonds. The molecule has 2 aliphatic rings. The van der Waals surface area contributed by atoms with E-state index in [1.54, 1.807) is 7.11 Å². The maximum absolute atomic E-state index is 14.1. The number of para-hydroxylation sites is 1. The number of pyridine rings is 1. The quantitative estimate of drug-likeness (QED) is 0.595. The van der Waals surface area contributed by atoms with Crippen molar-refractivity contribution in [1.29, 1.82) is 0 Å². The van der Waals surface area contributed by atoms with E-state index in [1.165, 1.54) is 0 Å². The maximum Gasteiger partial charge on any atom is 0.244 e. The van der Waals surface area contributed by atoms with Crippen LogP contribution in [0.2, 0.25) is 0 Å². The van der Waals surface area contributed by atoms with E-state index in [4.69, 9.17) is 4.74 Å². The van der Waals surface area contributed by atoms with Gasteiger partial charge in [0, 0.05) is 30.5 Å². The first kappa shape index (κ1) is 19.6. The third-order valence-corrected chi connectivity index (χ3v) is 6.52. The fourth-order valence-corrected chi connectivity index (χ4v) is 4.97. The van der Waals surface area contributed by atoms with E-state index in [9.17, 15) is 4.79 Å². The Hall–Kier alpha value is -3.34. The SMILES string of the molecule is CCCCN1CC2(C(=O)N(Cc3ccc(OC)cc3)c3ccccc32)c2cccnc21. The van der Waals surface area contributed by atoms with Crippen molar-refractivity contribution >= 4 is 17.4 Å². The van der Waals surface area contributed by atoms with Crippen molar-refractivity contribution < 1.29 is 9.53 Å². The monoisotopic (exact) mass is 413 g/mol. The Bertz CT molecular complexity index is 1110. The van der Waals surface area contributed by atoms with Crippen LogP contribution in [0.4, 0.5) is 11.5 Å². The van der Waals surface area contributed by atoms with Crippen LogP contribution in [0.3, 0.4) is 0 Å². The predicted octanol–water partition coefficient (Wildman–Crippen LogP) is 4.54. The van der Waals surface area contributed by atoms with Gasteiger partial charge in [-0.3, -0.25) is 4.79 Å². The molecule has 2 aliphatic heterocycles. The summed E-state index contributed by atoms with van der Waals surface area (Å²) in [5, 5.41) is 0. The molecule has 5 rings (SSSR count). The molecular weight excluding hydrogens is 386 g/mol. The molecule has 5 heteroatoms. The highest BCUT2D eigenvalue weighted by atomic mass is 16.5. The minimum Gasteiger partial charge on any atom is -0.497 e. The number of hydrogen-bond acceptors (Lipinski definition) is 4. The molecule has 0 radical (unpaired) electrons. The first-order valence-electron chi connectivity index (χ1n) is 10.9. The number of carbonyl (C=O) groups excluding carboxylic acids is 1. The predicted molar refractivity (Wildman–Crippen MR) is 123 cm³/mol. The Balaban J connectivity index is 1.58. The van der Waals surface area contributed by atoms with Gasteiger partial charge in [0.05, 0.1) is 13.7 Å². The largest absolute Gasteiger partial charge is 0.497 e. The first-order chi connectivity index (χ1) is 15.2. The van der Waals surface area contributed by atoms with Crippen LogP contribution in [0.15, 0.2) is 66.9 Å². The van der Waals surface area contributed by atoms with Crippen LogP contribution in [0, 0.1) is 0 Å². The topological polar surface area (TPSA) is 45.7 Å². The summed E-state index contributed by atoms with van der Waals surface area (Å²) in [5.74, 6) is 1.90. The summed E-state index contributed by atoms with van der Waals surface area (Å²) in [4.78, 5) is 23.1. The molecule has 31 heavy (non-hydrogen) atoms. The Kier molecular flexibility index (Phi) is 4.89. The number of amides is 1. The lowest BCUT2D eigenvalue weighted by molar-refractivity contribution is -0.121. The van der Waals surface area contributed by atoms with Crippen LogP contribution in [0.5, 0.6) is 5.75 Å². The molecule has 5 nitrogen and oxygen atoms in total. The Morgan fingerprint density at radius 1 is 1.03 bits per heavy atom. The van der Waals surface area contributed by atoms with E-state index < -0.39 is 5.41 Å². The summed E-state index contributed by atoms with van der Waals surface area (Å²) in [5.41, 5.74) is 3.49. The van der Waals surface area contributed by atoms with E-state index in [0.29, 0.717) is 13.1 Å². The molecule has 0 aliphatic carbocycles. The van der Waals surface area contributed by atoms with Crippen LogP contribution >= 0.6 is 0 Å². The number of anilines is 2. The minimum atomic E-state index is -0.694. The fraction of sp³-hybridized carbons (Fsp3) is 0.308. The molecule has 0 bridgehead atoms. The average molecular weight is 414 g/mol. The zero-order valence-electron chi connectivity index (χ0n) is 18.0. The molecule has 2 aromatic carbocycles. The summed E-state index contributed by atoms with van der Waals surface area (Å²) in [6.45, 7) is 4.29. The number of aromatic nitrogens is 1. The molecule has 1 unspecified atom stereocenters. The van der Waals surface area contributed by atoms with Gasteiger partial charge >= 0.3 is 0 Å². The summed E-state index contributed by atoms with van der Waals surface area (Å²) < 4.78 is 5.28. The molecule has 0 N–H and O–H groups in total. The van der Waals surface area contributed by atoms with Gasteiger partial charge in [-0.15, -0.1) is 0 Å². The molecule has 3 heterocycles. The van der Waals surface area contributed by atoms with E-state index >= 15 is 0 Å². The smallest absolute Gasteiger partial charge is 0.244 e. The number of ether oxygens (including phenoxy) is 1. The number of fused-ring (bicyclic) bond motifs is 4. The van der Waals surface area contributed by atoms with E-state index in [2.05, 4.69) is 35.0 Å². The average Bonchev–Trinajstić information content (AvgIpc) is 3.27. The molecule has 1 aromatic heterocycles. The van der Waals surface area contributed by atoms with Crippen LogP contribution in [-0.4, -0.2) is 31.1 Å². The summed E-state index contributed by atoms with van der Waals surface area (Å²) in [6.07, 6.45) is 4.02. The molecule has 0 saturated heterocycles. The highest BCUT2D eigenvalue weighted by Gasteiger charge is 2.57. The maximum atomic E-state index is 14.1. The molecule has 1 atom stereocenters. The van der Waals surface area contributed by atoms with Gasteiger partial charge in [0.2, 0.25) is 5.91 Å². The number of unbranched alkanes of at least 4 members (excludes halogenated alkanes) is 1. The number of carbonyl (C=O) groups is 1. The summed E-state index contributed by atoms with van der Waals surface area (Å²) >= 11 is 0. The highest BCUT2D eigenvalue weighted by molar-refractivity contribution is 6.12. The zero-order valence-corrected chi connectivity index (χ0v) is 18.0. The first-order valence-corrected chi connectivity index (χ1v) is 10.9. The van der Waals surface area contributed by atoms with Gasteiger partial charge in [-0.2, -0.15) is 0 Å². The third kappa shape index (κ3) is 2.99. The van der Waals surface area contributed by atoms with Gasteiger partial charge in [0.25, 0.3) is 0 Å². The second kappa shape index (κ2) is 7.73. The van der Waals surface area contributed by atoms with Gasteiger partial charge in [0.1, 0.15) is 17.0 Å². The van der Waals surface area contributed by atoms with Gasteiger partial charge in [0.15, 0.2) is 0 Å². The van der Waals surface area contributed by atoms with Crippen molar-refractivity contribution in [2.24, 2.45) is 0 Å². The minimum absolute atomic E-state index is 0.137. The van der Waals surface area contributed by atoms with Gasteiger partial charge < -0.3 is 14.5 Å². The van der Waals surface area contributed by atoms with Crippen molar-refractivity contribution in [2.75, 3.05) is 30.0 Å². The third-order valence-electron chi connectivity index (χ3n) is 6.52. The van der Waals surface area contributed by atoms with Gasteiger partial charge in [-0.05, 0) is 41.8 Å². The van der Waals surface area contributed by atoms with Crippen molar-refractivity contribution in [1.82, 2.24) is 4.98 Å². The molecule has 3 aromatic rings. The van der Waals surface area contributed by atoms with Crippen LogP contribution in [0.1, 0.15) is 36.5 Å². The van der Waals surface area contributed by atoms with Crippen molar-refractivity contribution in [3.8, 4) is 5.75 Å². The Morgan fingerprint density at radius 2 is 1.81 bits per heavy atom. The van der Waals surface area contributed by atoms with Crippen molar-refractivity contribution in [3.63, 3.8) is 0 Å². The van der Waals surface area contributed by atoms with E-state index in [0.717, 1.165) is 53.3 Å². The Morgan fingerprint density at radius 3 is 2.58 bits per heavy atom. The number of methoxy groups -OCH3 is 1. The summed E-state index contributed by atoms with van der Waals surface area (Å²) in [7, 11) is 1.66. The standard InChI is InChI=1S/C26H27N3O2/c1-3-4-16-28-18-26(22-9-7-15-27-24(22)28)21-8-5-6-10-23(21)29(25(26)30)17-19-11-13-20(31-2)14-12-19/h5-15H,3-4,16-18H2,1-2H3. The molecule has 158 valence electrons. The zero-order chi connectivity index (χ0) is 21.4. The normalized spacial score (nSPS) is 19.1. The lowest BCUT2D eigenvalue weighted by Gasteiger charge is -2.26. The number of benzene rings is 2. The highest BCUT2D eigenvalue weighted by Crippen LogP contribution is 2.52. The van der Waals surface area contributed by atoms with Crippen molar-refractivity contribution in [2.45, 2.75) is 31.7 Å². The molecule has 0 saturated carbocycles. The Labute approximate surface area is 183 Å². The second-order valence-electron chi connectivity index (χ2n) is 8.31. The molecule has 1 spiro atoms. The van der Waals surface area contributed by atoms with E-state index in [-0.39, 0.29) is 5.91 Å². The van der Waals surface area contributed by atoms with Gasteiger partial charge in [-0.25, -0.2) is 4.98 Å². The molecular formula is C26H27N3O2. The number of hydrogen-bond donors (Lipinski definition) is 0. The lowest BCUT2D eigenvalue weighted by atomic mass is 9.77. The van der Waals surface area contributed by atoms with Crippen molar-refractivity contribution in [3.05, 3.63) is 83.6 Å². The fourth-order valence-electron chi connectivity index (χ4n) is 4.97. The van der Waals surface area contributed by atoms with Gasteiger partial charge in [-0.1, -0.05) is 49.7 Å². The van der Waals surface area contributed by atoms with E-state index in [1.807, 2.05) is 53.6 Å². The second-order valence-corrected chi connectivity index (χ2v) is 8.31. The summed E-state index contributed by atoms with van der Waals surface area (Å²) in [6, 6.07) is 20.2. The van der Waals surface area contributed by atoms with Crippen LogP contribution < -0.4 is 14.5 Å². The lowest BCUT2D eigenvalue weighted by Crippen LogP contribution is -2.44. The number of rotatable bonds is 6.